The van der Waals surface area contributed by atoms with Gasteiger partial charge in [0.25, 0.3) is 17.9 Å². The van der Waals surface area contributed by atoms with Gasteiger partial charge < -0.3 is 20.5 Å². The molecule has 0 unspecified atom stereocenters. The molecule has 3 N–H and O–H groups in total. The second-order valence-corrected chi connectivity index (χ2v) is 10.1. The minimum Gasteiger partial charge on any atom is -0.369 e. The molecular formula is C29H38F2N4O2. The highest BCUT2D eigenvalue weighted by Gasteiger charge is 2.28. The first-order valence-electron chi connectivity index (χ1n) is 13.4. The van der Waals surface area contributed by atoms with Crippen molar-refractivity contribution in [1.29, 1.82) is 0 Å². The molecule has 1 aromatic carbocycles. The Kier molecular flexibility index (Phi) is 9.14. The summed E-state index contributed by atoms with van der Waals surface area (Å²) in [4.78, 5) is 31.2. The number of anilines is 1. The van der Waals surface area contributed by atoms with Crippen molar-refractivity contribution in [3.05, 3.63) is 74.7 Å². The van der Waals surface area contributed by atoms with Crippen LogP contribution in [0.3, 0.4) is 0 Å². The van der Waals surface area contributed by atoms with Gasteiger partial charge in [-0.3, -0.25) is 9.59 Å². The lowest BCUT2D eigenvalue weighted by Gasteiger charge is -2.39. The number of hydrogen-bond donors (Lipinski definition) is 3. The normalized spacial score (nSPS) is 21.3. The molecule has 0 saturated heterocycles. The zero-order valence-electron chi connectivity index (χ0n) is 21.8. The molecule has 2 heterocycles. The smallest absolute Gasteiger partial charge is 0.253 e. The molecule has 2 aliphatic rings. The number of hydrogen-bond acceptors (Lipinski definition) is 4. The Hall–Kier alpha value is -3.00. The Bertz CT molecular complexity index is 1170. The van der Waals surface area contributed by atoms with Crippen molar-refractivity contribution < 1.29 is 13.6 Å². The molecule has 1 aliphatic carbocycles. The number of benzene rings is 1. The number of carbonyl (C=O) groups is 1. The van der Waals surface area contributed by atoms with Gasteiger partial charge in [-0.25, -0.2) is 8.78 Å². The Balaban J connectivity index is 1.58. The summed E-state index contributed by atoms with van der Waals surface area (Å²) in [5, 5.41) is 5.99. The number of H-pyrrole nitrogens is 1. The molecule has 1 aromatic heterocycles. The number of halogens is 2. The standard InChI is InChI=1S/C29H38F2N4O2/c1-3-35(22-14-12-21(13-15-22)32-18-27(30)31)26-11-7-10-24-23(26)9-6-4-5-8-20-16-19(2)34-29(37)25(20)17-33-28(24)36/h4,6-7,10-11,16,21-22,27,32H,3,5,8-9,12-15,17-18H2,1-2H3,(H,33,36)(H,34,37)/b6-4+. The van der Waals surface area contributed by atoms with Crippen molar-refractivity contribution in [2.75, 3.05) is 18.0 Å². The van der Waals surface area contributed by atoms with E-state index < -0.39 is 6.43 Å². The SMILES string of the molecule is CCN(c1cccc2c1C/C=C/CCc1cc(C)[nH]c(=O)c1CNC2=O)C1CCC(NCC(F)F)CC1. The molecule has 0 atom stereocenters. The van der Waals surface area contributed by atoms with Gasteiger partial charge in [-0.1, -0.05) is 18.2 Å². The fraction of sp³-hybridized carbons (Fsp3) is 0.517. The highest BCUT2D eigenvalue weighted by molar-refractivity contribution is 5.97. The number of pyridine rings is 1. The van der Waals surface area contributed by atoms with Crippen LogP contribution in [-0.2, 0) is 19.4 Å². The fourth-order valence-corrected chi connectivity index (χ4v) is 5.77. The van der Waals surface area contributed by atoms with Crippen molar-refractivity contribution in [2.45, 2.75) is 83.8 Å². The molecule has 4 rings (SSSR count). The monoisotopic (exact) mass is 512 g/mol. The van der Waals surface area contributed by atoms with Gasteiger partial charge in [0.15, 0.2) is 0 Å². The molecule has 1 aliphatic heterocycles. The first-order valence-corrected chi connectivity index (χ1v) is 13.4. The van der Waals surface area contributed by atoms with Gasteiger partial charge in [-0.2, -0.15) is 0 Å². The summed E-state index contributed by atoms with van der Waals surface area (Å²) >= 11 is 0. The number of aromatic amines is 1. The van der Waals surface area contributed by atoms with Gasteiger partial charge in [-0.05, 0) is 88.1 Å². The molecule has 1 saturated carbocycles. The van der Waals surface area contributed by atoms with Crippen molar-refractivity contribution in [2.24, 2.45) is 0 Å². The third-order valence-electron chi connectivity index (χ3n) is 7.60. The van der Waals surface area contributed by atoms with Crippen LogP contribution in [0.1, 0.15) is 71.8 Å². The number of rotatable bonds is 6. The van der Waals surface area contributed by atoms with E-state index in [9.17, 15) is 18.4 Å². The first kappa shape index (κ1) is 27.0. The van der Waals surface area contributed by atoms with Crippen molar-refractivity contribution in [1.82, 2.24) is 15.6 Å². The fourth-order valence-electron chi connectivity index (χ4n) is 5.77. The quantitative estimate of drug-likeness (QED) is 0.493. The Morgan fingerprint density at radius 1 is 1.11 bits per heavy atom. The average Bonchev–Trinajstić information content (AvgIpc) is 2.87. The largest absolute Gasteiger partial charge is 0.369 e. The number of fused-ring (bicyclic) bond motifs is 2. The molecule has 0 spiro atoms. The lowest BCUT2D eigenvalue weighted by Crippen LogP contribution is -2.44. The average molecular weight is 513 g/mol. The molecule has 37 heavy (non-hydrogen) atoms. The predicted octanol–water partition coefficient (Wildman–Crippen LogP) is 4.65. The maximum absolute atomic E-state index is 13.4. The number of nitrogens with one attached hydrogen (secondary N) is 3. The van der Waals surface area contributed by atoms with Crippen molar-refractivity contribution >= 4 is 11.6 Å². The Morgan fingerprint density at radius 3 is 2.62 bits per heavy atom. The number of allylic oxidation sites excluding steroid dienone is 2. The molecule has 1 amide bonds. The molecule has 6 nitrogen and oxygen atoms in total. The van der Waals surface area contributed by atoms with E-state index in [2.05, 4.69) is 45.7 Å². The Morgan fingerprint density at radius 2 is 1.89 bits per heavy atom. The van der Waals surface area contributed by atoms with Gasteiger partial charge in [0.05, 0.1) is 6.54 Å². The molecule has 1 fully saturated rings. The molecule has 200 valence electrons. The van der Waals surface area contributed by atoms with Gasteiger partial charge in [0.2, 0.25) is 0 Å². The minimum atomic E-state index is -2.33. The lowest BCUT2D eigenvalue weighted by atomic mass is 9.89. The van der Waals surface area contributed by atoms with E-state index in [4.69, 9.17) is 0 Å². The van der Waals surface area contributed by atoms with Gasteiger partial charge in [0.1, 0.15) is 0 Å². The van der Waals surface area contributed by atoms with E-state index in [1.807, 2.05) is 25.1 Å². The van der Waals surface area contributed by atoms with Crippen LogP contribution in [0.15, 0.2) is 41.2 Å². The molecule has 2 aromatic rings. The number of aryl methyl sites for hydroxylation is 2. The zero-order valence-corrected chi connectivity index (χ0v) is 21.8. The summed E-state index contributed by atoms with van der Waals surface area (Å²) in [6.45, 7) is 4.72. The third-order valence-corrected chi connectivity index (χ3v) is 7.60. The van der Waals surface area contributed by atoms with E-state index in [-0.39, 0.29) is 30.6 Å². The van der Waals surface area contributed by atoms with Gasteiger partial charge >= 0.3 is 0 Å². The predicted molar refractivity (Wildman–Crippen MR) is 144 cm³/mol. The van der Waals surface area contributed by atoms with Crippen LogP contribution >= 0.6 is 0 Å². The third kappa shape index (κ3) is 6.66. The maximum atomic E-state index is 13.4. The van der Waals surface area contributed by atoms with E-state index >= 15 is 0 Å². The van der Waals surface area contributed by atoms with Crippen LogP contribution in [-0.4, -0.2) is 42.5 Å². The summed E-state index contributed by atoms with van der Waals surface area (Å²) in [5.41, 5.74) is 4.90. The second-order valence-electron chi connectivity index (χ2n) is 10.1. The van der Waals surface area contributed by atoms with E-state index in [1.54, 1.807) is 0 Å². The van der Waals surface area contributed by atoms with Crippen LogP contribution in [0.5, 0.6) is 0 Å². The topological polar surface area (TPSA) is 77.2 Å². The number of amides is 1. The first-order chi connectivity index (χ1) is 17.9. The van der Waals surface area contributed by atoms with Crippen molar-refractivity contribution in [3.63, 3.8) is 0 Å². The van der Waals surface area contributed by atoms with Crippen LogP contribution in [0.25, 0.3) is 0 Å². The van der Waals surface area contributed by atoms with E-state index in [1.165, 1.54) is 0 Å². The molecule has 0 bridgehead atoms. The summed E-state index contributed by atoms with van der Waals surface area (Å²) in [5.74, 6) is -0.187. The van der Waals surface area contributed by atoms with Gasteiger partial charge in [-0.15, -0.1) is 0 Å². The Labute approximate surface area is 217 Å². The van der Waals surface area contributed by atoms with Crippen LogP contribution in [0.4, 0.5) is 14.5 Å². The second kappa shape index (κ2) is 12.5. The van der Waals surface area contributed by atoms with Gasteiger partial charge in [0, 0.05) is 47.7 Å². The molecule has 0 radical (unpaired) electrons. The van der Waals surface area contributed by atoms with Crippen molar-refractivity contribution in [3.8, 4) is 0 Å². The summed E-state index contributed by atoms with van der Waals surface area (Å²) in [6.07, 6.45) is 7.67. The van der Waals surface area contributed by atoms with Crippen LogP contribution in [0.2, 0.25) is 0 Å². The summed E-state index contributed by atoms with van der Waals surface area (Å²) < 4.78 is 25.2. The van der Waals surface area contributed by atoms with Crippen LogP contribution in [0, 0.1) is 6.92 Å². The minimum absolute atomic E-state index is 0.129. The highest BCUT2D eigenvalue weighted by Crippen LogP contribution is 2.32. The number of aromatic nitrogens is 1. The van der Waals surface area contributed by atoms with E-state index in [0.29, 0.717) is 23.6 Å². The highest BCUT2D eigenvalue weighted by atomic mass is 19.3. The number of nitrogens with zero attached hydrogens (tertiary/aromatic N) is 1. The lowest BCUT2D eigenvalue weighted by molar-refractivity contribution is 0.0949. The summed E-state index contributed by atoms with van der Waals surface area (Å²) in [6, 6.07) is 8.27. The number of carbonyl (C=O) groups excluding carboxylic acids is 1. The van der Waals surface area contributed by atoms with E-state index in [0.717, 1.165) is 67.6 Å². The zero-order chi connectivity index (χ0) is 26.4. The molecular weight excluding hydrogens is 474 g/mol. The van der Waals surface area contributed by atoms with Crippen LogP contribution < -0.4 is 21.1 Å². The number of alkyl halides is 2. The molecule has 8 heteroatoms. The summed E-state index contributed by atoms with van der Waals surface area (Å²) in [7, 11) is 0. The maximum Gasteiger partial charge on any atom is 0.253 e.